The van der Waals surface area contributed by atoms with Crippen LogP contribution in [0, 0.1) is 0 Å². The van der Waals surface area contributed by atoms with E-state index in [0.717, 1.165) is 40.3 Å². The fourth-order valence-corrected chi connectivity index (χ4v) is 3.54. The van der Waals surface area contributed by atoms with E-state index in [2.05, 4.69) is 35.0 Å². The van der Waals surface area contributed by atoms with Crippen LogP contribution in [-0.2, 0) is 19.3 Å². The second-order valence-corrected chi connectivity index (χ2v) is 6.24. The van der Waals surface area contributed by atoms with E-state index in [0.29, 0.717) is 0 Å². The first-order chi connectivity index (χ1) is 9.20. The summed E-state index contributed by atoms with van der Waals surface area (Å²) in [5, 5.41) is 1.12. The summed E-state index contributed by atoms with van der Waals surface area (Å²) >= 11 is 3.59. The van der Waals surface area contributed by atoms with Crippen molar-refractivity contribution in [3.63, 3.8) is 0 Å². The molecule has 0 radical (unpaired) electrons. The average molecular weight is 319 g/mol. The van der Waals surface area contributed by atoms with Crippen LogP contribution in [0.25, 0.3) is 10.9 Å². The molecule has 3 heteroatoms. The zero-order valence-electron chi connectivity index (χ0n) is 11.3. The molecule has 0 bridgehead atoms. The van der Waals surface area contributed by atoms with Gasteiger partial charge in [0.15, 0.2) is 0 Å². The SMILES string of the molecule is CCc1cc(Br)cc2c(N)c3c(nc12)CCCCC3. The Bertz CT molecular complexity index is 634. The number of aryl methyl sites for hydroxylation is 2. The summed E-state index contributed by atoms with van der Waals surface area (Å²) in [5.41, 5.74) is 12.3. The van der Waals surface area contributed by atoms with Crippen LogP contribution in [0.4, 0.5) is 5.69 Å². The lowest BCUT2D eigenvalue weighted by Gasteiger charge is -2.14. The summed E-state index contributed by atoms with van der Waals surface area (Å²) in [4.78, 5) is 4.95. The fourth-order valence-electron chi connectivity index (χ4n) is 3.04. The van der Waals surface area contributed by atoms with Gasteiger partial charge in [-0.2, -0.15) is 0 Å². The standard InChI is InChI=1S/C16H19BrN2/c1-2-10-8-11(17)9-13-15(18)12-6-4-3-5-7-14(12)19-16(10)13/h8-9H,2-7H2,1H3,(H2,18,19). The Morgan fingerprint density at radius 2 is 2.00 bits per heavy atom. The molecular weight excluding hydrogens is 300 g/mol. The number of nitrogens with zero attached hydrogens (tertiary/aromatic N) is 1. The van der Waals surface area contributed by atoms with Crippen LogP contribution in [0.15, 0.2) is 16.6 Å². The minimum atomic E-state index is 0.956. The number of rotatable bonds is 1. The highest BCUT2D eigenvalue weighted by Gasteiger charge is 2.17. The predicted molar refractivity (Wildman–Crippen MR) is 84.5 cm³/mol. The van der Waals surface area contributed by atoms with Crippen molar-refractivity contribution in [2.45, 2.75) is 45.4 Å². The Labute approximate surface area is 122 Å². The van der Waals surface area contributed by atoms with Crippen molar-refractivity contribution < 1.29 is 0 Å². The van der Waals surface area contributed by atoms with E-state index in [1.807, 2.05) is 0 Å². The molecule has 0 saturated carbocycles. The lowest BCUT2D eigenvalue weighted by molar-refractivity contribution is 0.709. The average Bonchev–Trinajstić information content (AvgIpc) is 2.64. The van der Waals surface area contributed by atoms with Crippen molar-refractivity contribution in [2.75, 3.05) is 5.73 Å². The number of anilines is 1. The first kappa shape index (κ1) is 12.9. The lowest BCUT2D eigenvalue weighted by atomic mass is 9.99. The zero-order valence-corrected chi connectivity index (χ0v) is 12.9. The van der Waals surface area contributed by atoms with Crippen LogP contribution in [0.5, 0.6) is 0 Å². The molecule has 2 aromatic rings. The molecule has 1 aliphatic rings. The number of hydrogen-bond acceptors (Lipinski definition) is 2. The van der Waals surface area contributed by atoms with Gasteiger partial charge in [-0.1, -0.05) is 29.3 Å². The van der Waals surface area contributed by atoms with Crippen molar-refractivity contribution in [3.05, 3.63) is 33.4 Å². The number of aromatic nitrogens is 1. The second-order valence-electron chi connectivity index (χ2n) is 5.33. The van der Waals surface area contributed by atoms with Gasteiger partial charge in [-0.25, -0.2) is 0 Å². The maximum Gasteiger partial charge on any atom is 0.0758 e. The van der Waals surface area contributed by atoms with Gasteiger partial charge in [-0.05, 0) is 55.4 Å². The van der Waals surface area contributed by atoms with E-state index in [9.17, 15) is 0 Å². The summed E-state index contributed by atoms with van der Waals surface area (Å²) in [6.45, 7) is 2.17. The molecule has 0 amide bonds. The molecule has 1 aliphatic carbocycles. The third-order valence-corrected chi connectivity index (χ3v) is 4.54. The third kappa shape index (κ3) is 2.25. The molecule has 1 aromatic carbocycles. The molecule has 0 fully saturated rings. The van der Waals surface area contributed by atoms with Crippen molar-refractivity contribution in [3.8, 4) is 0 Å². The van der Waals surface area contributed by atoms with Crippen molar-refractivity contribution in [1.82, 2.24) is 4.98 Å². The molecule has 0 saturated heterocycles. The Morgan fingerprint density at radius 3 is 2.79 bits per heavy atom. The van der Waals surface area contributed by atoms with Gasteiger partial charge in [-0.15, -0.1) is 0 Å². The highest BCUT2D eigenvalue weighted by atomic mass is 79.9. The Hall–Kier alpha value is -1.09. The van der Waals surface area contributed by atoms with E-state index < -0.39 is 0 Å². The number of fused-ring (bicyclic) bond motifs is 2. The van der Waals surface area contributed by atoms with Crippen molar-refractivity contribution in [1.29, 1.82) is 0 Å². The van der Waals surface area contributed by atoms with Gasteiger partial charge >= 0.3 is 0 Å². The van der Waals surface area contributed by atoms with Gasteiger partial charge in [0, 0.05) is 21.2 Å². The van der Waals surface area contributed by atoms with Crippen molar-refractivity contribution in [2.24, 2.45) is 0 Å². The van der Waals surface area contributed by atoms with E-state index in [1.165, 1.54) is 36.1 Å². The number of halogens is 1. The van der Waals surface area contributed by atoms with E-state index in [4.69, 9.17) is 10.7 Å². The smallest absolute Gasteiger partial charge is 0.0758 e. The van der Waals surface area contributed by atoms with E-state index in [-0.39, 0.29) is 0 Å². The van der Waals surface area contributed by atoms with Crippen molar-refractivity contribution >= 4 is 32.5 Å². The van der Waals surface area contributed by atoms with Gasteiger partial charge in [0.2, 0.25) is 0 Å². The summed E-state index contributed by atoms with van der Waals surface area (Å²) < 4.78 is 1.10. The highest BCUT2D eigenvalue weighted by Crippen LogP contribution is 2.34. The number of nitrogen functional groups attached to an aromatic ring is 1. The highest BCUT2D eigenvalue weighted by molar-refractivity contribution is 9.10. The molecule has 0 atom stereocenters. The van der Waals surface area contributed by atoms with Gasteiger partial charge in [0.05, 0.1) is 5.52 Å². The molecule has 1 heterocycles. The normalized spacial score (nSPS) is 15.3. The number of benzene rings is 1. The molecule has 19 heavy (non-hydrogen) atoms. The van der Waals surface area contributed by atoms with E-state index in [1.54, 1.807) is 0 Å². The first-order valence-corrected chi connectivity index (χ1v) is 7.89. The summed E-state index contributed by atoms with van der Waals surface area (Å²) in [6.07, 6.45) is 6.91. The van der Waals surface area contributed by atoms with Crippen LogP contribution < -0.4 is 5.73 Å². The molecule has 0 unspecified atom stereocenters. The summed E-state index contributed by atoms with van der Waals surface area (Å²) in [7, 11) is 0. The Morgan fingerprint density at radius 1 is 1.21 bits per heavy atom. The van der Waals surface area contributed by atoms with Crippen LogP contribution in [-0.4, -0.2) is 4.98 Å². The molecule has 100 valence electrons. The molecule has 2 N–H and O–H groups in total. The molecule has 0 spiro atoms. The van der Waals surface area contributed by atoms with Gasteiger partial charge in [0.25, 0.3) is 0 Å². The largest absolute Gasteiger partial charge is 0.398 e. The maximum atomic E-state index is 6.44. The number of pyridine rings is 1. The fraction of sp³-hybridized carbons (Fsp3) is 0.438. The van der Waals surface area contributed by atoms with Crippen LogP contribution in [0.3, 0.4) is 0 Å². The summed E-state index contributed by atoms with van der Waals surface area (Å²) in [6, 6.07) is 4.28. The molecule has 1 aromatic heterocycles. The predicted octanol–water partition coefficient (Wildman–Crippen LogP) is 4.41. The molecule has 2 nitrogen and oxygen atoms in total. The van der Waals surface area contributed by atoms with Gasteiger partial charge < -0.3 is 5.73 Å². The Kier molecular flexibility index (Phi) is 3.48. The Balaban J connectivity index is 2.33. The van der Waals surface area contributed by atoms with Gasteiger partial charge in [-0.3, -0.25) is 4.98 Å². The monoisotopic (exact) mass is 318 g/mol. The number of nitrogens with two attached hydrogens (primary N) is 1. The van der Waals surface area contributed by atoms with Crippen LogP contribution >= 0.6 is 15.9 Å². The maximum absolute atomic E-state index is 6.44. The van der Waals surface area contributed by atoms with E-state index >= 15 is 0 Å². The molecule has 3 rings (SSSR count). The molecular formula is C16H19BrN2. The van der Waals surface area contributed by atoms with Gasteiger partial charge in [0.1, 0.15) is 0 Å². The van der Waals surface area contributed by atoms with Crippen LogP contribution in [0.2, 0.25) is 0 Å². The molecule has 0 aliphatic heterocycles. The third-order valence-electron chi connectivity index (χ3n) is 4.09. The first-order valence-electron chi connectivity index (χ1n) is 7.10. The topological polar surface area (TPSA) is 38.9 Å². The second kappa shape index (κ2) is 5.12. The summed E-state index contributed by atoms with van der Waals surface area (Å²) in [5.74, 6) is 0. The lowest BCUT2D eigenvalue weighted by Crippen LogP contribution is -2.04. The zero-order chi connectivity index (χ0) is 13.4. The minimum Gasteiger partial charge on any atom is -0.398 e. The quantitative estimate of drug-likeness (QED) is 0.791. The number of hydrogen-bond donors (Lipinski definition) is 1. The minimum absolute atomic E-state index is 0.956. The van der Waals surface area contributed by atoms with Crippen LogP contribution in [0.1, 0.15) is 43.0 Å².